The number of carbonyl (C=O) groups excluding carboxylic acids is 1. The lowest BCUT2D eigenvalue weighted by Gasteiger charge is -2.38. The quantitative estimate of drug-likeness (QED) is 0.648. The van der Waals surface area contributed by atoms with Gasteiger partial charge in [-0.2, -0.15) is 0 Å². The zero-order chi connectivity index (χ0) is 24.7. The first kappa shape index (κ1) is 24.2. The van der Waals surface area contributed by atoms with Gasteiger partial charge in [0.1, 0.15) is 18.0 Å². The summed E-state index contributed by atoms with van der Waals surface area (Å²) in [7, 11) is 0. The van der Waals surface area contributed by atoms with Crippen LogP contribution in [-0.2, 0) is 15.9 Å². The van der Waals surface area contributed by atoms with Crippen LogP contribution in [0.1, 0.15) is 48.7 Å². The molecule has 0 saturated carbocycles. The number of aliphatic hydroxyl groups is 1. The number of rotatable bonds is 5. The molecule has 0 aliphatic carbocycles. The smallest absolute Gasteiger partial charge is 0.343 e. The standard InChI is InChI=1S/C26H34FN3O5/c1-16-14-29(6-5-22(16)31)24-18-4-3-17(2)30-15-20(25(32)19(23(18)30)13-21(24)27)26(33)35-12-9-28-7-10-34-11-8-28/h13,15-17,22,31H,3-12,14H2,1-2H3/t16?,17-,22?/m0/s1. The minimum absolute atomic E-state index is 0.0327. The summed E-state index contributed by atoms with van der Waals surface area (Å²) >= 11 is 0. The molecule has 5 rings (SSSR count). The predicted octanol–water partition coefficient (Wildman–Crippen LogP) is 2.34. The number of piperidine rings is 1. The van der Waals surface area contributed by atoms with Gasteiger partial charge in [0.25, 0.3) is 0 Å². The van der Waals surface area contributed by atoms with E-state index in [4.69, 9.17) is 9.47 Å². The molecule has 2 unspecified atom stereocenters. The SMILES string of the molecule is CC1CN(c2c(F)cc3c(=O)c(C(=O)OCCN4CCOCC4)cn4c3c2CC[C@@H]4C)CCC1O. The summed E-state index contributed by atoms with van der Waals surface area (Å²) in [6, 6.07) is 1.34. The Kier molecular flexibility index (Phi) is 6.83. The molecule has 3 aliphatic rings. The van der Waals surface area contributed by atoms with Gasteiger partial charge in [-0.15, -0.1) is 0 Å². The molecule has 0 bridgehead atoms. The van der Waals surface area contributed by atoms with E-state index >= 15 is 4.39 Å². The molecule has 35 heavy (non-hydrogen) atoms. The number of hydrogen-bond acceptors (Lipinski definition) is 7. The second-order valence-corrected chi connectivity index (χ2v) is 10.1. The number of pyridine rings is 1. The highest BCUT2D eigenvalue weighted by Gasteiger charge is 2.32. The maximum Gasteiger partial charge on any atom is 0.343 e. The van der Waals surface area contributed by atoms with Crippen molar-refractivity contribution in [3.8, 4) is 0 Å². The van der Waals surface area contributed by atoms with Gasteiger partial charge in [0.2, 0.25) is 5.43 Å². The van der Waals surface area contributed by atoms with Gasteiger partial charge in [-0.05, 0) is 38.2 Å². The van der Waals surface area contributed by atoms with Crippen molar-refractivity contribution in [2.45, 2.75) is 45.3 Å². The highest BCUT2D eigenvalue weighted by molar-refractivity contribution is 5.96. The monoisotopic (exact) mass is 487 g/mol. The molecule has 1 aromatic carbocycles. The van der Waals surface area contributed by atoms with Crippen molar-refractivity contribution < 1.29 is 23.8 Å². The Hall–Kier alpha value is -2.49. The molecule has 3 aliphatic heterocycles. The van der Waals surface area contributed by atoms with E-state index in [-0.39, 0.29) is 35.6 Å². The molecule has 8 nitrogen and oxygen atoms in total. The van der Waals surface area contributed by atoms with Crippen LogP contribution >= 0.6 is 0 Å². The number of esters is 1. The summed E-state index contributed by atoms with van der Waals surface area (Å²) in [6.45, 7) is 8.80. The van der Waals surface area contributed by atoms with E-state index in [0.717, 1.165) is 25.1 Å². The van der Waals surface area contributed by atoms with Gasteiger partial charge in [0, 0.05) is 55.9 Å². The number of aromatic nitrogens is 1. The Balaban J connectivity index is 1.48. The molecule has 4 heterocycles. The van der Waals surface area contributed by atoms with Gasteiger partial charge in [0.15, 0.2) is 0 Å². The van der Waals surface area contributed by atoms with Gasteiger partial charge in [-0.1, -0.05) is 6.92 Å². The number of nitrogens with zero attached hydrogens (tertiary/aromatic N) is 3. The van der Waals surface area contributed by atoms with Gasteiger partial charge in [0.05, 0.1) is 30.5 Å². The van der Waals surface area contributed by atoms with Gasteiger partial charge in [-0.25, -0.2) is 9.18 Å². The normalized spacial score (nSPS) is 25.1. The third-order valence-electron chi connectivity index (χ3n) is 7.77. The number of aliphatic hydroxyl groups excluding tert-OH is 1. The molecule has 9 heteroatoms. The molecular weight excluding hydrogens is 453 g/mol. The molecule has 190 valence electrons. The summed E-state index contributed by atoms with van der Waals surface area (Å²) in [5, 5.41) is 10.4. The zero-order valence-corrected chi connectivity index (χ0v) is 20.5. The maximum atomic E-state index is 15.6. The predicted molar refractivity (Wildman–Crippen MR) is 131 cm³/mol. The van der Waals surface area contributed by atoms with E-state index in [1.807, 2.05) is 23.3 Å². The fraction of sp³-hybridized carbons (Fsp3) is 0.615. The minimum Gasteiger partial charge on any atom is -0.461 e. The number of hydrogen-bond donors (Lipinski definition) is 1. The lowest BCUT2D eigenvalue weighted by atomic mass is 9.91. The molecule has 2 aromatic rings. The van der Waals surface area contributed by atoms with Crippen molar-refractivity contribution in [2.75, 3.05) is 57.4 Å². The first-order chi connectivity index (χ1) is 16.8. The Morgan fingerprint density at radius 3 is 2.74 bits per heavy atom. The van der Waals surface area contributed by atoms with Crippen LogP contribution in [0, 0.1) is 11.7 Å². The fourth-order valence-electron chi connectivity index (χ4n) is 5.63. The largest absolute Gasteiger partial charge is 0.461 e. The van der Waals surface area contributed by atoms with Crippen molar-refractivity contribution in [3.05, 3.63) is 39.4 Å². The molecule has 0 spiro atoms. The molecule has 1 N–H and O–H groups in total. The second kappa shape index (κ2) is 9.87. The lowest BCUT2D eigenvalue weighted by Crippen LogP contribution is -2.43. The van der Waals surface area contributed by atoms with E-state index in [9.17, 15) is 14.7 Å². The fourth-order valence-corrected chi connectivity index (χ4v) is 5.63. The third kappa shape index (κ3) is 4.57. The topological polar surface area (TPSA) is 84.2 Å². The highest BCUT2D eigenvalue weighted by Crippen LogP contribution is 2.39. The first-order valence-corrected chi connectivity index (χ1v) is 12.7. The van der Waals surface area contributed by atoms with E-state index < -0.39 is 17.2 Å². The van der Waals surface area contributed by atoms with Crippen LogP contribution in [0.3, 0.4) is 0 Å². The Bertz CT molecular complexity index is 1180. The van der Waals surface area contributed by atoms with Crippen LogP contribution < -0.4 is 10.3 Å². The van der Waals surface area contributed by atoms with Crippen LogP contribution in [0.25, 0.3) is 10.9 Å². The number of carbonyl (C=O) groups is 1. The zero-order valence-electron chi connectivity index (χ0n) is 20.5. The van der Waals surface area contributed by atoms with Crippen molar-refractivity contribution >= 4 is 22.6 Å². The number of morpholine rings is 1. The highest BCUT2D eigenvalue weighted by atomic mass is 19.1. The average Bonchev–Trinajstić information content (AvgIpc) is 2.85. The van der Waals surface area contributed by atoms with E-state index in [1.54, 1.807) is 6.20 Å². The molecule has 0 radical (unpaired) electrons. The van der Waals surface area contributed by atoms with Crippen LogP contribution in [-0.4, -0.2) is 79.2 Å². The van der Waals surface area contributed by atoms with Gasteiger partial charge < -0.3 is 24.0 Å². The number of ether oxygens (including phenoxy) is 2. The maximum absolute atomic E-state index is 15.6. The number of benzene rings is 1. The van der Waals surface area contributed by atoms with Crippen LogP contribution in [0.5, 0.6) is 0 Å². The molecule has 2 saturated heterocycles. The summed E-state index contributed by atoms with van der Waals surface area (Å²) in [5.74, 6) is -1.09. The lowest BCUT2D eigenvalue weighted by molar-refractivity contribution is 0.0194. The number of aryl methyl sites for hydroxylation is 1. The first-order valence-electron chi connectivity index (χ1n) is 12.7. The van der Waals surface area contributed by atoms with Crippen molar-refractivity contribution in [3.63, 3.8) is 0 Å². The summed E-state index contributed by atoms with van der Waals surface area (Å²) in [6.07, 6.45) is 3.22. The molecule has 0 amide bonds. The Morgan fingerprint density at radius 1 is 1.23 bits per heavy atom. The van der Waals surface area contributed by atoms with E-state index in [2.05, 4.69) is 4.90 Å². The van der Waals surface area contributed by atoms with Crippen molar-refractivity contribution in [1.82, 2.24) is 9.47 Å². The third-order valence-corrected chi connectivity index (χ3v) is 7.77. The van der Waals surface area contributed by atoms with E-state index in [1.165, 1.54) is 6.07 Å². The molecule has 2 fully saturated rings. The second-order valence-electron chi connectivity index (χ2n) is 10.1. The Morgan fingerprint density at radius 2 is 2.00 bits per heavy atom. The Labute approximate surface area is 204 Å². The van der Waals surface area contributed by atoms with Crippen LogP contribution in [0.15, 0.2) is 17.1 Å². The van der Waals surface area contributed by atoms with Crippen LogP contribution in [0.2, 0.25) is 0 Å². The summed E-state index contributed by atoms with van der Waals surface area (Å²) in [5.41, 5.74) is 1.49. The molecular formula is C26H34FN3O5. The molecule has 1 aromatic heterocycles. The van der Waals surface area contributed by atoms with Crippen molar-refractivity contribution in [2.24, 2.45) is 5.92 Å². The number of halogens is 1. The van der Waals surface area contributed by atoms with Gasteiger partial charge in [-0.3, -0.25) is 9.69 Å². The summed E-state index contributed by atoms with van der Waals surface area (Å²) < 4.78 is 28.3. The van der Waals surface area contributed by atoms with Crippen molar-refractivity contribution in [1.29, 1.82) is 0 Å². The summed E-state index contributed by atoms with van der Waals surface area (Å²) in [4.78, 5) is 30.4. The van der Waals surface area contributed by atoms with Crippen LogP contribution in [0.4, 0.5) is 10.1 Å². The molecule has 3 atom stereocenters. The average molecular weight is 488 g/mol. The van der Waals surface area contributed by atoms with E-state index in [0.29, 0.717) is 56.9 Å². The van der Waals surface area contributed by atoms with Gasteiger partial charge >= 0.3 is 5.97 Å². The number of anilines is 1. The minimum atomic E-state index is -0.670.